The van der Waals surface area contributed by atoms with Gasteiger partial charge in [0.25, 0.3) is 0 Å². The molecule has 0 spiro atoms. The summed E-state index contributed by atoms with van der Waals surface area (Å²) in [5.74, 6) is -1.24. The van der Waals surface area contributed by atoms with E-state index in [1.54, 1.807) is 25.1 Å². The second kappa shape index (κ2) is 5.31. The third kappa shape index (κ3) is 2.48. The van der Waals surface area contributed by atoms with E-state index in [0.717, 1.165) is 0 Å². The molecule has 0 saturated carbocycles. The smallest absolute Gasteiger partial charge is 0.231 e. The van der Waals surface area contributed by atoms with Crippen LogP contribution in [0.25, 0.3) is 10.9 Å². The molecule has 112 valence electrons. The molecule has 6 nitrogen and oxygen atoms in total. The average molecular weight is 318 g/mol. The summed E-state index contributed by atoms with van der Waals surface area (Å²) in [6.45, 7) is 1.66. The standard InChI is InChI=1S/C15H11ClN2O4/c1-7-4-12(18-22-7)15(21)14-10(6-13(19)20)9-5-8(16)2-3-11(9)17-14/h2-5,17H,6H2,1H3,(H,19,20)/p-1. The Morgan fingerprint density at radius 1 is 1.36 bits per heavy atom. The van der Waals surface area contributed by atoms with Gasteiger partial charge in [0, 0.05) is 34.4 Å². The van der Waals surface area contributed by atoms with Crippen molar-refractivity contribution in [2.45, 2.75) is 13.3 Å². The van der Waals surface area contributed by atoms with Gasteiger partial charge in [0.05, 0.1) is 5.69 Å². The number of aryl methyl sites for hydroxylation is 1. The van der Waals surface area contributed by atoms with Gasteiger partial charge in [-0.05, 0) is 30.7 Å². The van der Waals surface area contributed by atoms with E-state index < -0.39 is 18.2 Å². The molecule has 2 heterocycles. The first-order valence-electron chi connectivity index (χ1n) is 6.43. The number of nitrogens with zero attached hydrogens (tertiary/aromatic N) is 1. The van der Waals surface area contributed by atoms with Gasteiger partial charge in [-0.25, -0.2) is 0 Å². The van der Waals surface area contributed by atoms with Crippen molar-refractivity contribution in [2.24, 2.45) is 0 Å². The van der Waals surface area contributed by atoms with Crippen molar-refractivity contribution in [1.29, 1.82) is 0 Å². The van der Waals surface area contributed by atoms with Crippen molar-refractivity contribution in [2.75, 3.05) is 0 Å². The van der Waals surface area contributed by atoms with Crippen molar-refractivity contribution in [3.05, 3.63) is 52.0 Å². The lowest BCUT2D eigenvalue weighted by molar-refractivity contribution is -0.304. The molecule has 0 saturated heterocycles. The molecule has 7 heteroatoms. The van der Waals surface area contributed by atoms with Crippen molar-refractivity contribution in [3.8, 4) is 0 Å². The van der Waals surface area contributed by atoms with Crippen LogP contribution in [-0.2, 0) is 11.2 Å². The summed E-state index contributed by atoms with van der Waals surface area (Å²) in [5, 5.41) is 15.7. The molecular weight excluding hydrogens is 308 g/mol. The molecule has 0 fully saturated rings. The first-order valence-corrected chi connectivity index (χ1v) is 6.81. The van der Waals surface area contributed by atoms with Gasteiger partial charge >= 0.3 is 0 Å². The summed E-state index contributed by atoms with van der Waals surface area (Å²) in [5.41, 5.74) is 1.19. The fraction of sp³-hybridized carbons (Fsp3) is 0.133. The number of H-pyrrole nitrogens is 1. The normalized spacial score (nSPS) is 11.0. The molecule has 3 aromatic rings. The van der Waals surface area contributed by atoms with Gasteiger partial charge in [0.1, 0.15) is 5.76 Å². The summed E-state index contributed by atoms with van der Waals surface area (Å²) in [4.78, 5) is 26.4. The van der Waals surface area contributed by atoms with E-state index in [4.69, 9.17) is 16.1 Å². The fourth-order valence-corrected chi connectivity index (χ4v) is 2.52. The van der Waals surface area contributed by atoms with Gasteiger partial charge in [-0.1, -0.05) is 16.8 Å². The predicted molar refractivity (Wildman–Crippen MR) is 76.7 cm³/mol. The van der Waals surface area contributed by atoms with Gasteiger partial charge in [0.2, 0.25) is 5.78 Å². The number of fused-ring (bicyclic) bond motifs is 1. The van der Waals surface area contributed by atoms with Crippen LogP contribution in [0.1, 0.15) is 27.5 Å². The SMILES string of the molecule is Cc1cc(C(=O)c2[nH]c3ccc(Cl)cc3c2CC(=O)[O-])no1. The minimum Gasteiger partial charge on any atom is -0.550 e. The monoisotopic (exact) mass is 317 g/mol. The largest absolute Gasteiger partial charge is 0.550 e. The number of halogens is 1. The van der Waals surface area contributed by atoms with Gasteiger partial charge in [-0.15, -0.1) is 0 Å². The van der Waals surface area contributed by atoms with Crippen LogP contribution in [0.3, 0.4) is 0 Å². The number of rotatable bonds is 4. The third-order valence-corrected chi connectivity index (χ3v) is 3.51. The number of aromatic nitrogens is 2. The van der Waals surface area contributed by atoms with Crippen LogP contribution in [0.2, 0.25) is 5.02 Å². The van der Waals surface area contributed by atoms with Crippen LogP contribution in [-0.4, -0.2) is 21.9 Å². The number of carboxylic acids is 1. The molecule has 0 bridgehead atoms. The Bertz CT molecular complexity index is 894. The lowest BCUT2D eigenvalue weighted by Gasteiger charge is -2.04. The fourth-order valence-electron chi connectivity index (χ4n) is 2.34. The molecule has 1 aromatic carbocycles. The molecule has 3 rings (SSSR count). The van der Waals surface area contributed by atoms with Crippen molar-refractivity contribution in [1.82, 2.24) is 10.1 Å². The number of ketones is 1. The van der Waals surface area contributed by atoms with Crippen LogP contribution in [0, 0.1) is 6.92 Å². The van der Waals surface area contributed by atoms with Crippen LogP contribution in [0.5, 0.6) is 0 Å². The van der Waals surface area contributed by atoms with E-state index in [2.05, 4.69) is 10.1 Å². The van der Waals surface area contributed by atoms with Gasteiger partial charge in [0.15, 0.2) is 5.69 Å². The number of benzene rings is 1. The maximum absolute atomic E-state index is 12.5. The van der Waals surface area contributed by atoms with Gasteiger partial charge < -0.3 is 19.4 Å². The summed E-state index contributed by atoms with van der Waals surface area (Å²) < 4.78 is 4.89. The number of carbonyl (C=O) groups excluding carboxylic acids is 2. The van der Waals surface area contributed by atoms with E-state index >= 15 is 0 Å². The first kappa shape index (κ1) is 14.3. The summed E-state index contributed by atoms with van der Waals surface area (Å²) in [6, 6.07) is 6.43. The molecule has 0 radical (unpaired) electrons. The topological polar surface area (TPSA) is 99.0 Å². The van der Waals surface area contributed by atoms with E-state index in [0.29, 0.717) is 27.2 Å². The number of hydrogen-bond acceptors (Lipinski definition) is 5. The Kier molecular flexibility index (Phi) is 3.46. The summed E-state index contributed by atoms with van der Waals surface area (Å²) in [7, 11) is 0. The highest BCUT2D eigenvalue weighted by Gasteiger charge is 2.22. The second-order valence-corrected chi connectivity index (χ2v) is 5.31. The second-order valence-electron chi connectivity index (χ2n) is 4.87. The van der Waals surface area contributed by atoms with Crippen LogP contribution in [0.15, 0.2) is 28.8 Å². The number of carbonyl (C=O) groups is 2. The Balaban J connectivity index is 2.19. The maximum atomic E-state index is 12.5. The zero-order valence-corrected chi connectivity index (χ0v) is 12.2. The molecule has 1 N–H and O–H groups in total. The van der Waals surface area contributed by atoms with Crippen molar-refractivity contribution >= 4 is 34.3 Å². The average Bonchev–Trinajstić information content (AvgIpc) is 3.03. The van der Waals surface area contributed by atoms with E-state index in [1.807, 2.05) is 0 Å². The predicted octanol–water partition coefficient (Wildman–Crippen LogP) is 1.64. The summed E-state index contributed by atoms with van der Waals surface area (Å²) in [6.07, 6.45) is -0.405. The van der Waals surface area contributed by atoms with E-state index in [-0.39, 0.29) is 11.4 Å². The Hall–Kier alpha value is -2.60. The Morgan fingerprint density at radius 3 is 2.77 bits per heavy atom. The van der Waals surface area contributed by atoms with Gasteiger partial charge in [-0.2, -0.15) is 0 Å². The highest BCUT2D eigenvalue weighted by Crippen LogP contribution is 2.27. The van der Waals surface area contributed by atoms with Crippen LogP contribution >= 0.6 is 11.6 Å². The lowest BCUT2D eigenvalue weighted by atomic mass is 10.0. The van der Waals surface area contributed by atoms with Crippen molar-refractivity contribution in [3.63, 3.8) is 0 Å². The first-order chi connectivity index (χ1) is 10.5. The summed E-state index contributed by atoms with van der Waals surface area (Å²) >= 11 is 5.95. The van der Waals surface area contributed by atoms with E-state index in [1.165, 1.54) is 6.07 Å². The molecule has 22 heavy (non-hydrogen) atoms. The Labute approximate surface area is 129 Å². The number of aliphatic carboxylic acids is 1. The van der Waals surface area contributed by atoms with Crippen LogP contribution in [0.4, 0.5) is 0 Å². The maximum Gasteiger partial charge on any atom is 0.231 e. The zero-order chi connectivity index (χ0) is 15.9. The number of aromatic amines is 1. The molecule has 0 amide bonds. The lowest BCUT2D eigenvalue weighted by Crippen LogP contribution is -2.25. The molecule has 0 aliphatic rings. The minimum absolute atomic E-state index is 0.106. The zero-order valence-electron chi connectivity index (χ0n) is 11.5. The molecule has 0 aliphatic heterocycles. The van der Waals surface area contributed by atoms with Crippen molar-refractivity contribution < 1.29 is 19.2 Å². The molecule has 0 atom stereocenters. The quantitative estimate of drug-likeness (QED) is 0.737. The number of carboxylic acid groups (broad SMARTS) is 1. The molecule has 0 aliphatic carbocycles. The Morgan fingerprint density at radius 2 is 2.14 bits per heavy atom. The number of hydrogen-bond donors (Lipinski definition) is 1. The highest BCUT2D eigenvalue weighted by molar-refractivity contribution is 6.31. The van der Waals surface area contributed by atoms with Crippen LogP contribution < -0.4 is 5.11 Å². The highest BCUT2D eigenvalue weighted by atomic mass is 35.5. The van der Waals surface area contributed by atoms with E-state index in [9.17, 15) is 14.7 Å². The molecular formula is C15H10ClN2O4-. The van der Waals surface area contributed by atoms with Gasteiger partial charge in [-0.3, -0.25) is 4.79 Å². The number of nitrogens with one attached hydrogen (secondary N) is 1. The molecule has 2 aromatic heterocycles. The third-order valence-electron chi connectivity index (χ3n) is 3.28. The minimum atomic E-state index is -1.29. The molecule has 0 unspecified atom stereocenters.